The molecule has 0 heterocycles. The van der Waals surface area contributed by atoms with Crippen molar-refractivity contribution in [1.82, 2.24) is 0 Å². The van der Waals surface area contributed by atoms with Gasteiger partial charge in [0.1, 0.15) is 11.5 Å². The Balaban J connectivity index is 1.76. The van der Waals surface area contributed by atoms with Crippen LogP contribution >= 0.6 is 0 Å². The number of fused-ring (bicyclic) bond motifs is 8. The van der Waals surface area contributed by atoms with Crippen molar-refractivity contribution in [3.8, 4) is 22.6 Å². The van der Waals surface area contributed by atoms with Crippen LogP contribution in [0.15, 0.2) is 78.9 Å². The Kier molecular flexibility index (Phi) is 7.12. The molecule has 0 spiro atoms. The molecule has 0 N–H and O–H groups in total. The largest absolute Gasteiger partial charge is 0.490 e. The van der Waals surface area contributed by atoms with E-state index in [0.717, 1.165) is 50.0 Å². The van der Waals surface area contributed by atoms with Gasteiger partial charge in [0, 0.05) is 5.56 Å². The lowest BCUT2D eigenvalue weighted by molar-refractivity contribution is 0.191. The minimum absolute atomic E-state index is 0.195. The molecule has 0 radical (unpaired) electrons. The summed E-state index contributed by atoms with van der Waals surface area (Å²) >= 11 is 0. The van der Waals surface area contributed by atoms with E-state index < -0.39 is 0 Å². The van der Waals surface area contributed by atoms with Crippen molar-refractivity contribution >= 4 is 21.5 Å². The van der Waals surface area contributed by atoms with Crippen LogP contribution in [0.3, 0.4) is 0 Å². The molecule has 0 bridgehead atoms. The molecular weight excluding hydrogens is 476 g/mol. The second-order valence-corrected chi connectivity index (χ2v) is 10.9. The van der Waals surface area contributed by atoms with Crippen molar-refractivity contribution < 1.29 is 9.47 Å². The quantitative estimate of drug-likeness (QED) is 0.188. The predicted octanol–water partition coefficient (Wildman–Crippen LogP) is 10.0. The molecule has 0 saturated carbocycles. The number of hydrogen-bond acceptors (Lipinski definition) is 2. The number of rotatable bonds is 8. The van der Waals surface area contributed by atoms with Gasteiger partial charge in [0.05, 0.1) is 12.2 Å². The summed E-state index contributed by atoms with van der Waals surface area (Å²) in [5, 5.41) is 5.01. The highest BCUT2D eigenvalue weighted by atomic mass is 16.5. The Morgan fingerprint density at radius 3 is 1.72 bits per heavy atom. The van der Waals surface area contributed by atoms with E-state index in [-0.39, 0.29) is 12.2 Å². The molecule has 2 heteroatoms. The summed E-state index contributed by atoms with van der Waals surface area (Å²) in [5.41, 5.74) is 7.96. The van der Waals surface area contributed by atoms with Crippen LogP contribution in [-0.4, -0.2) is 12.2 Å². The Bertz CT molecular complexity index is 1490. The smallest absolute Gasteiger partial charge is 0.124 e. The minimum Gasteiger partial charge on any atom is -0.490 e. The molecule has 0 amide bonds. The van der Waals surface area contributed by atoms with Crippen LogP contribution in [-0.2, 0) is 12.8 Å². The average Bonchev–Trinajstić information content (AvgIpc) is 3.39. The van der Waals surface area contributed by atoms with Crippen LogP contribution in [0.5, 0.6) is 11.5 Å². The molecule has 5 aromatic carbocycles. The van der Waals surface area contributed by atoms with Gasteiger partial charge >= 0.3 is 0 Å². The van der Waals surface area contributed by atoms with Crippen molar-refractivity contribution in [1.29, 1.82) is 0 Å². The molecule has 1 aliphatic carbocycles. The summed E-state index contributed by atoms with van der Waals surface area (Å²) in [6.07, 6.45) is 6.09. The van der Waals surface area contributed by atoms with Gasteiger partial charge in [-0.25, -0.2) is 12.1 Å². The zero-order valence-corrected chi connectivity index (χ0v) is 23.7. The van der Waals surface area contributed by atoms with Crippen molar-refractivity contribution in [3.63, 3.8) is 0 Å². The Morgan fingerprint density at radius 1 is 0.641 bits per heavy atom. The Labute approximate surface area is 232 Å². The number of hydrogen-bond donors (Lipinski definition) is 0. The summed E-state index contributed by atoms with van der Waals surface area (Å²) in [7, 11) is 0. The van der Waals surface area contributed by atoms with Gasteiger partial charge in [-0.3, -0.25) is 0 Å². The fraction of sp³-hybridized carbons (Fsp3) is 0.324. The summed E-state index contributed by atoms with van der Waals surface area (Å²) in [6, 6.07) is 29.0. The van der Waals surface area contributed by atoms with Crippen LogP contribution in [0.2, 0.25) is 0 Å². The lowest BCUT2D eigenvalue weighted by atomic mass is 9.80. The van der Waals surface area contributed by atoms with Crippen LogP contribution in [0.25, 0.3) is 32.7 Å². The maximum absolute atomic E-state index is 6.83. The van der Waals surface area contributed by atoms with Gasteiger partial charge in [0.15, 0.2) is 0 Å². The maximum atomic E-state index is 6.83. The zero-order chi connectivity index (χ0) is 26.9. The van der Waals surface area contributed by atoms with Gasteiger partial charge in [-0.1, -0.05) is 76.2 Å². The van der Waals surface area contributed by atoms with Gasteiger partial charge < -0.3 is 9.47 Å². The highest BCUT2D eigenvalue weighted by Crippen LogP contribution is 2.49. The maximum Gasteiger partial charge on any atom is 0.124 e. The van der Waals surface area contributed by atoms with Crippen molar-refractivity contribution in [2.75, 3.05) is 0 Å². The average molecular weight is 516 g/mol. The summed E-state index contributed by atoms with van der Waals surface area (Å²) in [4.78, 5) is 0. The first kappa shape index (κ1) is 25.6. The van der Waals surface area contributed by atoms with Crippen molar-refractivity contribution in [2.45, 2.75) is 78.4 Å². The van der Waals surface area contributed by atoms with Gasteiger partial charge in [-0.15, -0.1) is 5.56 Å². The molecule has 2 nitrogen and oxygen atoms in total. The van der Waals surface area contributed by atoms with Crippen LogP contribution in [0.1, 0.15) is 75.6 Å². The fourth-order valence-corrected chi connectivity index (χ4v) is 6.35. The van der Waals surface area contributed by atoms with Gasteiger partial charge in [-0.05, 0) is 88.9 Å². The van der Waals surface area contributed by atoms with E-state index in [1.165, 1.54) is 54.9 Å². The monoisotopic (exact) mass is 515 g/mol. The molecule has 200 valence electrons. The predicted molar refractivity (Wildman–Crippen MR) is 165 cm³/mol. The minimum atomic E-state index is 0.195. The lowest BCUT2D eigenvalue weighted by Gasteiger charge is -2.30. The first-order chi connectivity index (χ1) is 19.1. The molecule has 0 aromatic heterocycles. The Hall–Kier alpha value is -3.65. The molecule has 0 atom stereocenters. The van der Waals surface area contributed by atoms with Crippen molar-refractivity contribution in [2.24, 2.45) is 0 Å². The van der Waals surface area contributed by atoms with Gasteiger partial charge in [-0.2, -0.15) is 11.6 Å². The van der Waals surface area contributed by atoms with E-state index in [1.807, 2.05) is 0 Å². The fourth-order valence-electron chi connectivity index (χ4n) is 6.35. The molecule has 0 unspecified atom stereocenters. The Morgan fingerprint density at radius 2 is 1.15 bits per heavy atom. The van der Waals surface area contributed by atoms with Crippen LogP contribution < -0.4 is 9.47 Å². The molecule has 0 fully saturated rings. The topological polar surface area (TPSA) is 18.5 Å². The summed E-state index contributed by atoms with van der Waals surface area (Å²) < 4.78 is 13.7. The lowest BCUT2D eigenvalue weighted by Crippen LogP contribution is -2.17. The molecule has 5 aromatic rings. The molecular formula is C37H39O2-. The third kappa shape index (κ3) is 4.61. The molecule has 39 heavy (non-hydrogen) atoms. The summed E-state index contributed by atoms with van der Waals surface area (Å²) in [6.45, 7) is 8.88. The third-order valence-electron chi connectivity index (χ3n) is 8.63. The zero-order valence-electron chi connectivity index (χ0n) is 23.7. The van der Waals surface area contributed by atoms with Crippen molar-refractivity contribution in [3.05, 3.63) is 101 Å². The van der Waals surface area contributed by atoms with E-state index in [0.29, 0.717) is 0 Å². The van der Waals surface area contributed by atoms with Crippen LogP contribution in [0.4, 0.5) is 0 Å². The van der Waals surface area contributed by atoms with Crippen LogP contribution in [0, 0.1) is 0 Å². The molecule has 0 aliphatic heterocycles. The second kappa shape index (κ2) is 10.8. The third-order valence-corrected chi connectivity index (χ3v) is 8.63. The summed E-state index contributed by atoms with van der Waals surface area (Å²) in [5.74, 6) is 2.04. The SMILES string of the molecule is CCC(CC)Oc1cc2ccccc2c2c1Cc1ccc[c-]1Cc1c(OC(CC)CC)cc3ccccc3c1-2. The van der Waals surface area contributed by atoms with E-state index in [1.54, 1.807) is 0 Å². The normalized spacial score (nSPS) is 12.8. The van der Waals surface area contributed by atoms with E-state index in [2.05, 4.69) is 107 Å². The standard InChI is InChI=1S/C37H39O2/c1-5-28(6-2)38-34-22-26-14-9-11-18-30(26)36-32(34)20-24-16-13-17-25(24)21-33-35(39-29(7-3)8-4)23-27-15-10-12-19-31(27)37(33)36/h9-19,22-23,28-29H,5-8,20-21H2,1-4H3/q-1. The van der Waals surface area contributed by atoms with Gasteiger partial charge in [0.2, 0.25) is 0 Å². The molecule has 0 saturated heterocycles. The second-order valence-electron chi connectivity index (χ2n) is 10.9. The number of ether oxygens (including phenoxy) is 2. The molecule has 6 rings (SSSR count). The first-order valence-corrected chi connectivity index (χ1v) is 14.8. The number of benzene rings is 4. The highest BCUT2D eigenvalue weighted by molar-refractivity contribution is 6.10. The molecule has 1 aliphatic rings. The highest BCUT2D eigenvalue weighted by Gasteiger charge is 2.26. The van der Waals surface area contributed by atoms with Gasteiger partial charge in [0.25, 0.3) is 0 Å². The van der Waals surface area contributed by atoms with E-state index in [4.69, 9.17) is 9.47 Å². The van der Waals surface area contributed by atoms with E-state index in [9.17, 15) is 0 Å². The first-order valence-electron chi connectivity index (χ1n) is 14.8. The van der Waals surface area contributed by atoms with E-state index >= 15 is 0 Å².